The van der Waals surface area contributed by atoms with Gasteiger partial charge < -0.3 is 25.5 Å². The Hall–Kier alpha value is -0.850. The Labute approximate surface area is 147 Å². The van der Waals surface area contributed by atoms with Crippen LogP contribution in [0.5, 0.6) is 0 Å². The molecule has 1 aliphatic carbocycles. The number of aliphatic hydroxyl groups excluding tert-OH is 1. The second-order valence-corrected chi connectivity index (χ2v) is 7.26. The average Bonchev–Trinajstić information content (AvgIpc) is 2.78. The van der Waals surface area contributed by atoms with E-state index in [0.29, 0.717) is 6.04 Å². The van der Waals surface area contributed by atoms with Gasteiger partial charge in [-0.1, -0.05) is 0 Å². The highest BCUT2D eigenvalue weighted by Gasteiger charge is 2.20. The van der Waals surface area contributed by atoms with Crippen LogP contribution in [0.4, 0.5) is 0 Å². The second kappa shape index (κ2) is 10.9. The summed E-state index contributed by atoms with van der Waals surface area (Å²) >= 11 is 0. The van der Waals surface area contributed by atoms with Crippen molar-refractivity contribution in [3.05, 3.63) is 0 Å². The van der Waals surface area contributed by atoms with E-state index in [9.17, 15) is 5.11 Å². The maximum Gasteiger partial charge on any atom is 0.191 e. The molecule has 2 fully saturated rings. The van der Waals surface area contributed by atoms with Gasteiger partial charge in [0.15, 0.2) is 5.96 Å². The van der Waals surface area contributed by atoms with Crippen LogP contribution < -0.4 is 10.6 Å². The Morgan fingerprint density at radius 2 is 1.92 bits per heavy atom. The van der Waals surface area contributed by atoms with Gasteiger partial charge in [-0.3, -0.25) is 4.99 Å². The van der Waals surface area contributed by atoms with Gasteiger partial charge in [-0.05, 0) is 72.1 Å². The van der Waals surface area contributed by atoms with Crippen molar-refractivity contribution >= 4 is 5.96 Å². The number of nitrogens with zero attached hydrogens (tertiary/aromatic N) is 3. The lowest BCUT2D eigenvalue weighted by Crippen LogP contribution is -2.45. The molecule has 6 heteroatoms. The second-order valence-electron chi connectivity index (χ2n) is 7.26. The zero-order valence-electron chi connectivity index (χ0n) is 15.6. The lowest BCUT2D eigenvalue weighted by molar-refractivity contribution is 0.120. The van der Waals surface area contributed by atoms with Crippen LogP contribution >= 0.6 is 0 Å². The van der Waals surface area contributed by atoms with Gasteiger partial charge in [0.25, 0.3) is 0 Å². The number of hydrogen-bond donors (Lipinski definition) is 3. The first-order valence-electron chi connectivity index (χ1n) is 9.81. The third-order valence-corrected chi connectivity index (χ3v) is 5.10. The molecule has 0 unspecified atom stereocenters. The summed E-state index contributed by atoms with van der Waals surface area (Å²) in [5.74, 6) is 0.939. The van der Waals surface area contributed by atoms with Gasteiger partial charge in [-0.15, -0.1) is 0 Å². The van der Waals surface area contributed by atoms with E-state index in [1.165, 1.54) is 32.6 Å². The summed E-state index contributed by atoms with van der Waals surface area (Å²) in [5, 5.41) is 16.5. The van der Waals surface area contributed by atoms with Crippen molar-refractivity contribution in [1.82, 2.24) is 20.4 Å². The fourth-order valence-corrected chi connectivity index (χ4v) is 3.54. The molecule has 0 amide bonds. The Bertz CT molecular complexity index is 368. The number of hydrogen-bond acceptors (Lipinski definition) is 4. The van der Waals surface area contributed by atoms with Crippen LogP contribution in [0.1, 0.15) is 45.4 Å². The smallest absolute Gasteiger partial charge is 0.191 e. The third kappa shape index (κ3) is 7.36. The van der Waals surface area contributed by atoms with Gasteiger partial charge in [0.2, 0.25) is 0 Å². The molecule has 0 atom stereocenters. The summed E-state index contributed by atoms with van der Waals surface area (Å²) in [6.07, 6.45) is 6.16. The third-order valence-electron chi connectivity index (χ3n) is 5.10. The van der Waals surface area contributed by atoms with Crippen molar-refractivity contribution in [2.75, 3.05) is 52.9 Å². The maximum absolute atomic E-state index is 9.62. The first kappa shape index (κ1) is 19.5. The number of nitrogens with one attached hydrogen (secondary N) is 2. The van der Waals surface area contributed by atoms with Crippen molar-refractivity contribution in [2.24, 2.45) is 4.99 Å². The first-order chi connectivity index (χ1) is 11.7. The largest absolute Gasteiger partial charge is 0.393 e. The van der Waals surface area contributed by atoms with Crippen molar-refractivity contribution in [3.63, 3.8) is 0 Å². The Balaban J connectivity index is 1.68. The number of rotatable bonds is 6. The molecule has 0 aromatic rings. The highest BCUT2D eigenvalue weighted by molar-refractivity contribution is 5.80. The molecular weight excluding hydrogens is 302 g/mol. The minimum Gasteiger partial charge on any atom is -0.393 e. The van der Waals surface area contributed by atoms with Crippen LogP contribution in [-0.4, -0.2) is 85.9 Å². The first-order valence-corrected chi connectivity index (χ1v) is 9.81. The number of aliphatic imine (C=N–C) groups is 1. The molecule has 2 aliphatic rings. The van der Waals surface area contributed by atoms with Gasteiger partial charge in [-0.25, -0.2) is 0 Å². The molecule has 3 N–H and O–H groups in total. The number of aliphatic hydroxyl groups is 1. The minimum absolute atomic E-state index is 0.102. The standard InChI is InChI=1S/C18H37N5O/c1-3-19-18(21-16-6-8-17(24)9-7-16)20-10-4-12-23-13-5-11-22(2)14-15-23/h16-17,24H,3-15H2,1-2H3,(H2,19,20,21). The molecule has 0 radical (unpaired) electrons. The lowest BCUT2D eigenvalue weighted by Gasteiger charge is -2.27. The van der Waals surface area contributed by atoms with Crippen LogP contribution in [0, 0.1) is 0 Å². The van der Waals surface area contributed by atoms with Crippen LogP contribution in [0.15, 0.2) is 4.99 Å². The van der Waals surface area contributed by atoms with Crippen LogP contribution in [-0.2, 0) is 0 Å². The topological polar surface area (TPSA) is 63.1 Å². The molecule has 1 heterocycles. The summed E-state index contributed by atoms with van der Waals surface area (Å²) in [6, 6.07) is 0.451. The van der Waals surface area contributed by atoms with Gasteiger partial charge >= 0.3 is 0 Å². The van der Waals surface area contributed by atoms with Gasteiger partial charge in [0.05, 0.1) is 6.10 Å². The normalized spacial score (nSPS) is 27.7. The van der Waals surface area contributed by atoms with Gasteiger partial charge in [0, 0.05) is 32.2 Å². The zero-order chi connectivity index (χ0) is 17.2. The summed E-state index contributed by atoms with van der Waals surface area (Å²) < 4.78 is 0. The summed E-state index contributed by atoms with van der Waals surface area (Å²) in [7, 11) is 2.21. The number of guanidine groups is 1. The minimum atomic E-state index is -0.102. The molecule has 1 saturated heterocycles. The van der Waals surface area contributed by atoms with Gasteiger partial charge in [-0.2, -0.15) is 0 Å². The van der Waals surface area contributed by atoms with Crippen LogP contribution in [0.2, 0.25) is 0 Å². The monoisotopic (exact) mass is 339 g/mol. The SMILES string of the molecule is CCNC(=NCCCN1CCCN(C)CC1)NC1CCC(O)CC1. The van der Waals surface area contributed by atoms with E-state index in [2.05, 4.69) is 34.4 Å². The van der Waals surface area contributed by atoms with E-state index >= 15 is 0 Å². The molecule has 0 spiro atoms. The molecule has 1 aliphatic heterocycles. The average molecular weight is 340 g/mol. The highest BCUT2D eigenvalue weighted by atomic mass is 16.3. The fraction of sp³-hybridized carbons (Fsp3) is 0.944. The Morgan fingerprint density at radius 3 is 2.67 bits per heavy atom. The maximum atomic E-state index is 9.62. The van der Waals surface area contributed by atoms with Crippen molar-refractivity contribution in [1.29, 1.82) is 0 Å². The Kier molecular flexibility index (Phi) is 8.84. The Morgan fingerprint density at radius 1 is 1.12 bits per heavy atom. The summed E-state index contributed by atoms with van der Waals surface area (Å²) in [5.41, 5.74) is 0. The molecule has 0 bridgehead atoms. The van der Waals surface area contributed by atoms with E-state index in [1.54, 1.807) is 0 Å². The molecule has 6 nitrogen and oxygen atoms in total. The van der Waals surface area contributed by atoms with Crippen LogP contribution in [0.3, 0.4) is 0 Å². The highest BCUT2D eigenvalue weighted by Crippen LogP contribution is 2.18. The molecule has 0 aromatic carbocycles. The molecule has 2 rings (SSSR count). The molecule has 140 valence electrons. The lowest BCUT2D eigenvalue weighted by atomic mass is 9.93. The summed E-state index contributed by atoms with van der Waals surface area (Å²) in [4.78, 5) is 9.74. The molecule has 0 aromatic heterocycles. The number of likely N-dealkylation sites (N-methyl/N-ethyl adjacent to an activating group) is 1. The van der Waals surface area contributed by atoms with E-state index in [1.807, 2.05) is 0 Å². The van der Waals surface area contributed by atoms with E-state index in [-0.39, 0.29) is 6.10 Å². The molecule has 1 saturated carbocycles. The van der Waals surface area contributed by atoms with Gasteiger partial charge in [0.1, 0.15) is 0 Å². The molecular formula is C18H37N5O. The predicted octanol–water partition coefficient (Wildman–Crippen LogP) is 0.873. The van der Waals surface area contributed by atoms with Crippen molar-refractivity contribution in [3.8, 4) is 0 Å². The zero-order valence-corrected chi connectivity index (χ0v) is 15.6. The summed E-state index contributed by atoms with van der Waals surface area (Å²) in [6.45, 7) is 9.82. The van der Waals surface area contributed by atoms with Crippen molar-refractivity contribution < 1.29 is 5.11 Å². The van der Waals surface area contributed by atoms with E-state index < -0.39 is 0 Å². The fourth-order valence-electron chi connectivity index (χ4n) is 3.54. The van der Waals surface area contributed by atoms with Crippen LogP contribution in [0.25, 0.3) is 0 Å². The predicted molar refractivity (Wildman–Crippen MR) is 101 cm³/mol. The molecule has 24 heavy (non-hydrogen) atoms. The van der Waals surface area contributed by atoms with Crippen molar-refractivity contribution in [2.45, 2.75) is 57.6 Å². The van der Waals surface area contributed by atoms with E-state index in [4.69, 9.17) is 4.99 Å². The quantitative estimate of drug-likeness (QED) is 0.381. The van der Waals surface area contributed by atoms with E-state index in [0.717, 1.165) is 57.7 Å².